The summed E-state index contributed by atoms with van der Waals surface area (Å²) in [6.45, 7) is 0.386. The van der Waals surface area contributed by atoms with Gasteiger partial charge in [-0.3, -0.25) is 4.79 Å². The smallest absolute Gasteiger partial charge is 0.223 e. The van der Waals surface area contributed by atoms with Crippen molar-refractivity contribution in [2.24, 2.45) is 23.5 Å². The molecule has 0 aliphatic heterocycles. The normalized spacial score (nSPS) is 30.9. The molecule has 3 rings (SSSR count). The van der Waals surface area contributed by atoms with Crippen molar-refractivity contribution in [2.45, 2.75) is 44.7 Å². The summed E-state index contributed by atoms with van der Waals surface area (Å²) < 4.78 is 13.1. The number of fused-ring (bicyclic) bond motifs is 2. The number of hydrogen-bond donors (Lipinski definition) is 2. The fraction of sp³-hybridized carbons (Fsp3) is 0.588. The molecule has 5 heteroatoms. The van der Waals surface area contributed by atoms with Gasteiger partial charge in [-0.1, -0.05) is 24.1 Å². The average molecular weight is 325 g/mol. The molecular weight excluding hydrogens is 303 g/mol. The van der Waals surface area contributed by atoms with Crippen molar-refractivity contribution < 1.29 is 9.18 Å². The Balaban J connectivity index is 1.57. The molecule has 22 heavy (non-hydrogen) atoms. The van der Waals surface area contributed by atoms with E-state index in [1.807, 2.05) is 0 Å². The Hall–Kier alpha value is -1.13. The third-order valence-corrected chi connectivity index (χ3v) is 5.52. The van der Waals surface area contributed by atoms with E-state index in [-0.39, 0.29) is 22.9 Å². The lowest BCUT2D eigenvalue weighted by Crippen LogP contribution is -2.49. The first-order chi connectivity index (χ1) is 10.5. The summed E-state index contributed by atoms with van der Waals surface area (Å²) in [7, 11) is 0. The van der Waals surface area contributed by atoms with E-state index >= 15 is 0 Å². The molecule has 2 saturated carbocycles. The predicted octanol–water partition coefficient (Wildman–Crippen LogP) is 3.25. The highest BCUT2D eigenvalue weighted by Gasteiger charge is 2.40. The highest BCUT2D eigenvalue weighted by atomic mass is 35.5. The third-order valence-electron chi connectivity index (χ3n) is 5.23. The van der Waals surface area contributed by atoms with Gasteiger partial charge >= 0.3 is 0 Å². The van der Waals surface area contributed by atoms with E-state index in [0.717, 1.165) is 31.2 Å². The number of carbonyl (C=O) groups is 1. The second kappa shape index (κ2) is 6.55. The standard InChI is InChI=1S/C17H22ClFN2O/c18-14-6-10(4-5-15(14)19)9-21-17(22)13-7-11-2-1-3-12(8-13)16(11)20/h4-6,11-13,16H,1-3,7-9,20H2,(H,21,22). The number of carbonyl (C=O) groups excluding carboxylic acids is 1. The lowest BCUT2D eigenvalue weighted by Gasteiger charge is -2.43. The highest BCUT2D eigenvalue weighted by molar-refractivity contribution is 6.30. The van der Waals surface area contributed by atoms with Crippen LogP contribution < -0.4 is 11.1 Å². The Labute approximate surface area is 135 Å². The van der Waals surface area contributed by atoms with Crippen molar-refractivity contribution in [3.63, 3.8) is 0 Å². The molecule has 0 spiro atoms. The number of amides is 1. The number of halogens is 2. The van der Waals surface area contributed by atoms with Gasteiger partial charge in [-0.2, -0.15) is 0 Å². The molecule has 120 valence electrons. The first-order valence-electron chi connectivity index (χ1n) is 8.02. The molecule has 0 radical (unpaired) electrons. The highest BCUT2D eigenvalue weighted by Crippen LogP contribution is 2.41. The van der Waals surface area contributed by atoms with Gasteiger partial charge in [0.15, 0.2) is 0 Å². The minimum absolute atomic E-state index is 0.0611. The van der Waals surface area contributed by atoms with Gasteiger partial charge in [-0.15, -0.1) is 0 Å². The van der Waals surface area contributed by atoms with E-state index in [1.54, 1.807) is 12.1 Å². The molecule has 0 saturated heterocycles. The molecule has 2 bridgehead atoms. The molecule has 0 aromatic heterocycles. The Morgan fingerprint density at radius 2 is 2.00 bits per heavy atom. The van der Waals surface area contributed by atoms with Crippen LogP contribution in [0.2, 0.25) is 5.02 Å². The number of rotatable bonds is 3. The Morgan fingerprint density at radius 3 is 2.64 bits per heavy atom. The van der Waals surface area contributed by atoms with Crippen molar-refractivity contribution >= 4 is 17.5 Å². The van der Waals surface area contributed by atoms with Gasteiger partial charge in [-0.05, 0) is 55.2 Å². The lowest BCUT2D eigenvalue weighted by molar-refractivity contribution is -0.128. The number of nitrogens with two attached hydrogens (primary N) is 1. The zero-order chi connectivity index (χ0) is 15.7. The van der Waals surface area contributed by atoms with Gasteiger partial charge in [0.1, 0.15) is 5.82 Å². The van der Waals surface area contributed by atoms with Crippen LogP contribution in [0, 0.1) is 23.6 Å². The van der Waals surface area contributed by atoms with Crippen LogP contribution in [0.4, 0.5) is 4.39 Å². The second-order valence-electron chi connectivity index (χ2n) is 6.66. The molecule has 3 nitrogen and oxygen atoms in total. The molecule has 1 aromatic rings. The van der Waals surface area contributed by atoms with Gasteiger partial charge in [0.2, 0.25) is 5.91 Å². The van der Waals surface area contributed by atoms with Gasteiger partial charge in [0, 0.05) is 18.5 Å². The zero-order valence-electron chi connectivity index (χ0n) is 12.5. The Morgan fingerprint density at radius 1 is 1.32 bits per heavy atom. The number of nitrogens with one attached hydrogen (secondary N) is 1. The summed E-state index contributed by atoms with van der Waals surface area (Å²) >= 11 is 5.76. The fourth-order valence-corrected chi connectivity index (χ4v) is 4.19. The maximum atomic E-state index is 13.1. The van der Waals surface area contributed by atoms with Gasteiger partial charge < -0.3 is 11.1 Å². The molecule has 2 fully saturated rings. The zero-order valence-corrected chi connectivity index (χ0v) is 13.3. The SMILES string of the molecule is NC1C2CCCC1CC(C(=O)NCc1ccc(F)c(Cl)c1)C2. The van der Waals surface area contributed by atoms with Crippen LogP contribution >= 0.6 is 11.6 Å². The first-order valence-corrected chi connectivity index (χ1v) is 8.39. The van der Waals surface area contributed by atoms with Crippen LogP contribution in [0.1, 0.15) is 37.7 Å². The minimum atomic E-state index is -0.439. The van der Waals surface area contributed by atoms with Crippen LogP contribution in [-0.4, -0.2) is 11.9 Å². The molecular formula is C17H22ClFN2O. The van der Waals surface area contributed by atoms with E-state index in [2.05, 4.69) is 5.32 Å². The first kappa shape index (κ1) is 15.8. The van der Waals surface area contributed by atoms with Gasteiger partial charge in [-0.25, -0.2) is 4.39 Å². The molecule has 2 aliphatic rings. The molecule has 3 N–H and O–H groups in total. The molecule has 2 aliphatic carbocycles. The third kappa shape index (κ3) is 3.28. The maximum Gasteiger partial charge on any atom is 0.223 e. The van der Waals surface area contributed by atoms with E-state index in [9.17, 15) is 9.18 Å². The van der Waals surface area contributed by atoms with Crippen molar-refractivity contribution in [3.8, 4) is 0 Å². The summed E-state index contributed by atoms with van der Waals surface area (Å²) in [5.41, 5.74) is 7.07. The molecule has 1 amide bonds. The fourth-order valence-electron chi connectivity index (χ4n) is 3.99. The maximum absolute atomic E-state index is 13.1. The van der Waals surface area contributed by atoms with Crippen LogP contribution in [0.15, 0.2) is 18.2 Å². The van der Waals surface area contributed by atoms with Crippen LogP contribution in [-0.2, 0) is 11.3 Å². The monoisotopic (exact) mass is 324 g/mol. The summed E-state index contributed by atoms with van der Waals surface area (Å²) in [4.78, 5) is 12.4. The van der Waals surface area contributed by atoms with Crippen LogP contribution in [0.3, 0.4) is 0 Å². The molecule has 2 unspecified atom stereocenters. The summed E-state index contributed by atoms with van der Waals surface area (Å²) in [6.07, 6.45) is 5.33. The van der Waals surface area contributed by atoms with Crippen molar-refractivity contribution in [1.82, 2.24) is 5.32 Å². The number of hydrogen-bond acceptors (Lipinski definition) is 2. The van der Waals surface area contributed by atoms with Crippen molar-refractivity contribution in [1.29, 1.82) is 0 Å². The molecule has 0 heterocycles. The summed E-state index contributed by atoms with van der Waals surface area (Å²) in [6, 6.07) is 4.80. The van der Waals surface area contributed by atoms with Gasteiger partial charge in [0.25, 0.3) is 0 Å². The molecule has 2 atom stereocenters. The minimum Gasteiger partial charge on any atom is -0.352 e. The Kier molecular flexibility index (Phi) is 4.69. The van der Waals surface area contributed by atoms with Crippen molar-refractivity contribution in [3.05, 3.63) is 34.6 Å². The second-order valence-corrected chi connectivity index (χ2v) is 7.07. The summed E-state index contributed by atoms with van der Waals surface area (Å²) in [5, 5.41) is 3.05. The van der Waals surface area contributed by atoms with Crippen LogP contribution in [0.25, 0.3) is 0 Å². The van der Waals surface area contributed by atoms with E-state index in [4.69, 9.17) is 17.3 Å². The van der Waals surface area contributed by atoms with E-state index < -0.39 is 5.82 Å². The molecule has 1 aromatic carbocycles. The Bertz CT molecular complexity index is 552. The lowest BCUT2D eigenvalue weighted by atomic mass is 9.65. The largest absolute Gasteiger partial charge is 0.352 e. The van der Waals surface area contributed by atoms with E-state index in [1.165, 1.54) is 12.5 Å². The predicted molar refractivity (Wildman–Crippen MR) is 84.8 cm³/mol. The topological polar surface area (TPSA) is 55.1 Å². The quantitative estimate of drug-likeness (QED) is 0.896. The van der Waals surface area contributed by atoms with Crippen LogP contribution in [0.5, 0.6) is 0 Å². The van der Waals surface area contributed by atoms with Crippen molar-refractivity contribution in [2.75, 3.05) is 0 Å². The van der Waals surface area contributed by atoms with E-state index in [0.29, 0.717) is 18.4 Å². The number of benzene rings is 1. The average Bonchev–Trinajstić information content (AvgIpc) is 2.48. The van der Waals surface area contributed by atoms with Gasteiger partial charge in [0.05, 0.1) is 5.02 Å². The summed E-state index contributed by atoms with van der Waals surface area (Å²) in [5.74, 6) is 0.688.